The van der Waals surface area contributed by atoms with Crippen molar-refractivity contribution in [3.05, 3.63) is 65.6 Å². The second-order valence-corrected chi connectivity index (χ2v) is 6.86. The van der Waals surface area contributed by atoms with E-state index in [1.165, 1.54) is 6.33 Å². The first-order chi connectivity index (χ1) is 14.6. The standard InChI is InChI=1S/C21H18ClN7O/c1-12-9-13(27-21-20-16(25-11-26-21)6-8-19(22)28-20)3-7-18(12)30-14-4-5-15(24-2)17(10-14)29-23/h3-11,23-24H,1-2H3,(H,25,26,27). The van der Waals surface area contributed by atoms with E-state index in [-0.39, 0.29) is 0 Å². The zero-order chi connectivity index (χ0) is 21.1. The molecule has 0 unspecified atom stereocenters. The molecular weight excluding hydrogens is 402 g/mol. The van der Waals surface area contributed by atoms with Gasteiger partial charge in [-0.05, 0) is 55.0 Å². The van der Waals surface area contributed by atoms with Gasteiger partial charge in [0.15, 0.2) is 5.82 Å². The average Bonchev–Trinajstić information content (AvgIpc) is 2.76. The summed E-state index contributed by atoms with van der Waals surface area (Å²) in [5, 5.41) is 10.2. The van der Waals surface area contributed by atoms with Crippen molar-refractivity contribution in [2.75, 3.05) is 17.7 Å². The summed E-state index contributed by atoms with van der Waals surface area (Å²) in [6.45, 7) is 1.95. The van der Waals surface area contributed by atoms with Crippen LogP contribution in [0.3, 0.4) is 0 Å². The lowest BCUT2D eigenvalue weighted by atomic mass is 10.2. The summed E-state index contributed by atoms with van der Waals surface area (Å²) in [6, 6.07) is 14.6. The first-order valence-electron chi connectivity index (χ1n) is 9.09. The molecule has 0 bridgehead atoms. The van der Waals surface area contributed by atoms with Crippen LogP contribution >= 0.6 is 11.6 Å². The van der Waals surface area contributed by atoms with Gasteiger partial charge < -0.3 is 15.4 Å². The second-order valence-electron chi connectivity index (χ2n) is 6.47. The molecule has 0 aliphatic carbocycles. The Morgan fingerprint density at radius 3 is 2.70 bits per heavy atom. The number of hydrogen-bond acceptors (Lipinski definition) is 8. The Balaban J connectivity index is 1.58. The molecule has 0 spiro atoms. The van der Waals surface area contributed by atoms with Crippen LogP contribution in [0.4, 0.5) is 22.9 Å². The molecule has 4 aromatic rings. The Morgan fingerprint density at radius 1 is 1.07 bits per heavy atom. The largest absolute Gasteiger partial charge is 0.457 e. The number of pyridine rings is 1. The number of benzene rings is 2. The third-order valence-corrected chi connectivity index (χ3v) is 4.68. The smallest absolute Gasteiger partial charge is 0.160 e. The number of fused-ring (bicyclic) bond motifs is 1. The van der Waals surface area contributed by atoms with Gasteiger partial charge in [-0.1, -0.05) is 11.6 Å². The fourth-order valence-corrected chi connectivity index (χ4v) is 3.14. The summed E-state index contributed by atoms with van der Waals surface area (Å²) >= 11 is 6.02. The molecule has 0 aliphatic rings. The highest BCUT2D eigenvalue weighted by atomic mass is 35.5. The Morgan fingerprint density at radius 2 is 1.93 bits per heavy atom. The Labute approximate surface area is 177 Å². The first kappa shape index (κ1) is 19.5. The number of nitrogens with one attached hydrogen (secondary N) is 3. The van der Waals surface area contributed by atoms with Gasteiger partial charge in [0.1, 0.15) is 34.2 Å². The van der Waals surface area contributed by atoms with Gasteiger partial charge >= 0.3 is 0 Å². The first-order valence-corrected chi connectivity index (χ1v) is 9.47. The molecule has 9 heteroatoms. The number of anilines is 3. The van der Waals surface area contributed by atoms with Gasteiger partial charge in [0.25, 0.3) is 0 Å². The Kier molecular flexibility index (Phi) is 5.40. The molecular formula is C21H18ClN7O. The van der Waals surface area contributed by atoms with E-state index in [0.29, 0.717) is 39.2 Å². The zero-order valence-electron chi connectivity index (χ0n) is 16.3. The molecule has 0 saturated heterocycles. The molecule has 2 heterocycles. The van der Waals surface area contributed by atoms with Crippen molar-refractivity contribution >= 4 is 45.5 Å². The molecule has 2 aromatic heterocycles. The molecule has 8 nitrogen and oxygen atoms in total. The van der Waals surface area contributed by atoms with Crippen LogP contribution in [-0.4, -0.2) is 22.0 Å². The van der Waals surface area contributed by atoms with Crippen molar-refractivity contribution in [3.63, 3.8) is 0 Å². The van der Waals surface area contributed by atoms with E-state index in [1.807, 2.05) is 37.3 Å². The normalized spacial score (nSPS) is 10.6. The molecule has 3 N–H and O–H groups in total. The van der Waals surface area contributed by atoms with Gasteiger partial charge in [0.2, 0.25) is 0 Å². The fourth-order valence-electron chi connectivity index (χ4n) is 2.99. The van der Waals surface area contributed by atoms with Gasteiger partial charge in [-0.15, -0.1) is 0 Å². The molecule has 0 saturated carbocycles. The maximum atomic E-state index is 7.31. The van der Waals surface area contributed by atoms with Gasteiger partial charge in [0, 0.05) is 18.8 Å². The summed E-state index contributed by atoms with van der Waals surface area (Å²) in [4.78, 5) is 12.8. The van der Waals surface area contributed by atoms with Crippen molar-refractivity contribution in [1.82, 2.24) is 15.0 Å². The summed E-state index contributed by atoms with van der Waals surface area (Å²) < 4.78 is 5.99. The third kappa shape index (κ3) is 3.99. The summed E-state index contributed by atoms with van der Waals surface area (Å²) in [5.41, 5.74) is 11.6. The maximum absolute atomic E-state index is 7.31. The van der Waals surface area contributed by atoms with Crippen LogP contribution in [0, 0.1) is 12.5 Å². The molecule has 4 rings (SSSR count). The molecule has 30 heavy (non-hydrogen) atoms. The quantitative estimate of drug-likeness (QED) is 0.252. The Bertz CT molecular complexity index is 1250. The maximum Gasteiger partial charge on any atom is 0.160 e. The van der Waals surface area contributed by atoms with Crippen LogP contribution in [0.15, 0.2) is 60.0 Å². The molecule has 0 radical (unpaired) electrons. The predicted octanol–water partition coefficient (Wildman–Crippen LogP) is 6.23. The van der Waals surface area contributed by atoms with E-state index in [4.69, 9.17) is 21.9 Å². The number of aromatic nitrogens is 3. The zero-order valence-corrected chi connectivity index (χ0v) is 17.0. The summed E-state index contributed by atoms with van der Waals surface area (Å²) in [5.74, 6) is 1.87. The van der Waals surface area contributed by atoms with Gasteiger partial charge in [-0.25, -0.2) is 20.5 Å². The molecule has 2 aromatic carbocycles. The van der Waals surface area contributed by atoms with E-state index < -0.39 is 0 Å². The predicted molar refractivity (Wildman–Crippen MR) is 118 cm³/mol. The van der Waals surface area contributed by atoms with Crippen LogP contribution in [-0.2, 0) is 0 Å². The monoisotopic (exact) mass is 419 g/mol. The van der Waals surface area contributed by atoms with Gasteiger partial charge in [-0.2, -0.15) is 5.11 Å². The summed E-state index contributed by atoms with van der Waals surface area (Å²) in [7, 11) is 1.78. The number of hydrogen-bond donors (Lipinski definition) is 3. The van der Waals surface area contributed by atoms with Crippen LogP contribution < -0.4 is 15.4 Å². The van der Waals surface area contributed by atoms with Crippen LogP contribution in [0.5, 0.6) is 11.5 Å². The highest BCUT2D eigenvalue weighted by Crippen LogP contribution is 2.34. The lowest BCUT2D eigenvalue weighted by Crippen LogP contribution is -1.98. The van der Waals surface area contributed by atoms with Crippen LogP contribution in [0.2, 0.25) is 5.15 Å². The number of nitrogens with zero attached hydrogens (tertiary/aromatic N) is 4. The van der Waals surface area contributed by atoms with E-state index in [1.54, 1.807) is 25.2 Å². The highest BCUT2D eigenvalue weighted by Gasteiger charge is 2.09. The number of ether oxygens (including phenoxy) is 1. The molecule has 0 atom stereocenters. The summed E-state index contributed by atoms with van der Waals surface area (Å²) in [6.07, 6.45) is 1.48. The van der Waals surface area contributed by atoms with E-state index in [2.05, 4.69) is 30.7 Å². The van der Waals surface area contributed by atoms with Crippen LogP contribution in [0.1, 0.15) is 5.56 Å². The highest BCUT2D eigenvalue weighted by molar-refractivity contribution is 6.29. The van der Waals surface area contributed by atoms with Crippen molar-refractivity contribution < 1.29 is 4.74 Å². The van der Waals surface area contributed by atoms with E-state index in [9.17, 15) is 0 Å². The molecule has 150 valence electrons. The fraction of sp³-hybridized carbons (Fsp3) is 0.0952. The number of rotatable bonds is 6. The van der Waals surface area contributed by atoms with Crippen molar-refractivity contribution in [2.24, 2.45) is 5.11 Å². The average molecular weight is 420 g/mol. The molecule has 0 aliphatic heterocycles. The second kappa shape index (κ2) is 8.30. The van der Waals surface area contributed by atoms with Crippen molar-refractivity contribution in [3.8, 4) is 11.5 Å². The molecule has 0 fully saturated rings. The van der Waals surface area contributed by atoms with Crippen molar-refractivity contribution in [1.29, 1.82) is 5.53 Å². The number of aryl methyl sites for hydroxylation is 1. The Hall–Kier alpha value is -3.78. The minimum Gasteiger partial charge on any atom is -0.457 e. The number of halogens is 1. The minimum absolute atomic E-state index is 0.378. The SMILES string of the molecule is CNc1ccc(Oc2ccc(Nc3ncnc4ccc(Cl)nc34)cc2C)cc1N=N. The lowest BCUT2D eigenvalue weighted by Gasteiger charge is -2.13. The van der Waals surface area contributed by atoms with Gasteiger partial charge in [-0.3, -0.25) is 0 Å². The van der Waals surface area contributed by atoms with Crippen molar-refractivity contribution in [2.45, 2.75) is 6.92 Å². The topological polar surface area (TPSA) is 108 Å². The third-order valence-electron chi connectivity index (χ3n) is 4.47. The van der Waals surface area contributed by atoms with Gasteiger partial charge in [0.05, 0.1) is 11.2 Å². The van der Waals surface area contributed by atoms with E-state index in [0.717, 1.165) is 16.9 Å². The van der Waals surface area contributed by atoms with E-state index >= 15 is 0 Å². The lowest BCUT2D eigenvalue weighted by molar-refractivity contribution is 0.479. The minimum atomic E-state index is 0.378. The van der Waals surface area contributed by atoms with Crippen LogP contribution in [0.25, 0.3) is 11.0 Å². The molecule has 0 amide bonds.